The van der Waals surface area contributed by atoms with E-state index in [2.05, 4.69) is 30.8 Å². The largest absolute Gasteiger partial charge is 0.352 e. The van der Waals surface area contributed by atoms with Crippen molar-refractivity contribution in [2.75, 3.05) is 45.2 Å². The number of hydrogen-bond donors (Lipinski definition) is 0. The molecule has 0 aromatic carbocycles. The van der Waals surface area contributed by atoms with Gasteiger partial charge >= 0.3 is 0 Å². The zero-order chi connectivity index (χ0) is 19.7. The van der Waals surface area contributed by atoms with Gasteiger partial charge in [-0.05, 0) is 51.8 Å². The minimum atomic E-state index is 0.288. The van der Waals surface area contributed by atoms with E-state index in [9.17, 15) is 4.79 Å². The first-order valence-corrected chi connectivity index (χ1v) is 11.4. The first kappa shape index (κ1) is 19.6. The molecule has 1 fully saturated rings. The molecule has 0 bridgehead atoms. The van der Waals surface area contributed by atoms with Crippen LogP contribution >= 0.6 is 11.3 Å². The molecule has 0 atom stereocenters. The molecule has 0 N–H and O–H groups in total. The maximum atomic E-state index is 12.3. The van der Waals surface area contributed by atoms with Gasteiger partial charge in [0.15, 0.2) is 0 Å². The second-order valence-electron chi connectivity index (χ2n) is 8.21. The molecule has 28 heavy (non-hydrogen) atoms. The van der Waals surface area contributed by atoms with Crippen LogP contribution in [0.15, 0.2) is 0 Å². The Morgan fingerprint density at radius 2 is 1.86 bits per heavy atom. The Labute approximate surface area is 171 Å². The number of aromatic nitrogens is 2. The number of carbonyl (C=O) groups is 1. The van der Waals surface area contributed by atoms with Crippen molar-refractivity contribution < 1.29 is 4.79 Å². The Balaban J connectivity index is 1.67. The van der Waals surface area contributed by atoms with Crippen molar-refractivity contribution in [1.82, 2.24) is 19.8 Å². The second kappa shape index (κ2) is 8.33. The van der Waals surface area contributed by atoms with Crippen molar-refractivity contribution in [1.29, 1.82) is 0 Å². The first-order chi connectivity index (χ1) is 13.6. The highest BCUT2D eigenvalue weighted by atomic mass is 32.1. The summed E-state index contributed by atoms with van der Waals surface area (Å²) in [7, 11) is 4.12. The van der Waals surface area contributed by atoms with E-state index in [1.54, 1.807) is 0 Å². The van der Waals surface area contributed by atoms with Gasteiger partial charge in [0.25, 0.3) is 0 Å². The summed E-state index contributed by atoms with van der Waals surface area (Å²) in [6.07, 6.45) is 6.44. The number of aryl methyl sites for hydroxylation is 2. The van der Waals surface area contributed by atoms with Crippen LogP contribution in [0.5, 0.6) is 0 Å². The number of piperazine rings is 1. The van der Waals surface area contributed by atoms with Crippen LogP contribution in [0.1, 0.15) is 48.9 Å². The standard InChI is InChI=1S/C21H31N5OS/c1-4-7-18(27)25-10-12-26(13-11-25)20-19-15-8-5-6-9-16(15)28-21(19)23-17(22-20)14-24(2)3/h4-14H2,1-3H3. The fourth-order valence-electron chi connectivity index (χ4n) is 4.30. The van der Waals surface area contributed by atoms with Crippen LogP contribution in [-0.2, 0) is 24.2 Å². The van der Waals surface area contributed by atoms with Gasteiger partial charge in [0.05, 0.1) is 11.9 Å². The van der Waals surface area contributed by atoms with Crippen LogP contribution in [-0.4, -0.2) is 65.9 Å². The molecule has 1 saturated heterocycles. The number of amides is 1. The van der Waals surface area contributed by atoms with Crippen LogP contribution in [0.25, 0.3) is 10.2 Å². The Morgan fingerprint density at radius 3 is 2.57 bits per heavy atom. The highest BCUT2D eigenvalue weighted by Crippen LogP contribution is 2.40. The smallest absolute Gasteiger partial charge is 0.222 e. The average Bonchev–Trinajstić information content (AvgIpc) is 3.05. The highest BCUT2D eigenvalue weighted by molar-refractivity contribution is 7.19. The fourth-order valence-corrected chi connectivity index (χ4v) is 5.58. The summed E-state index contributed by atoms with van der Waals surface area (Å²) >= 11 is 1.87. The van der Waals surface area contributed by atoms with Gasteiger partial charge in [-0.25, -0.2) is 9.97 Å². The third-order valence-electron chi connectivity index (χ3n) is 5.70. The van der Waals surface area contributed by atoms with Crippen LogP contribution in [0, 0.1) is 0 Å². The molecule has 0 spiro atoms. The highest BCUT2D eigenvalue weighted by Gasteiger charge is 2.27. The minimum absolute atomic E-state index is 0.288. The van der Waals surface area contributed by atoms with E-state index < -0.39 is 0 Å². The van der Waals surface area contributed by atoms with Gasteiger partial charge in [-0.15, -0.1) is 11.3 Å². The van der Waals surface area contributed by atoms with E-state index in [0.717, 1.165) is 62.0 Å². The van der Waals surface area contributed by atoms with Gasteiger partial charge < -0.3 is 14.7 Å². The SMILES string of the molecule is CCCC(=O)N1CCN(c2nc(CN(C)C)nc3sc4c(c23)CCCC4)CC1. The molecule has 6 nitrogen and oxygen atoms in total. The summed E-state index contributed by atoms with van der Waals surface area (Å²) < 4.78 is 0. The zero-order valence-corrected chi connectivity index (χ0v) is 18.1. The molecule has 1 aliphatic heterocycles. The maximum Gasteiger partial charge on any atom is 0.222 e. The van der Waals surface area contributed by atoms with E-state index in [4.69, 9.17) is 9.97 Å². The van der Waals surface area contributed by atoms with Crippen molar-refractivity contribution in [3.05, 3.63) is 16.3 Å². The number of anilines is 1. The predicted molar refractivity (Wildman–Crippen MR) is 115 cm³/mol. The number of nitrogens with zero attached hydrogens (tertiary/aromatic N) is 5. The fraction of sp³-hybridized carbons (Fsp3) is 0.667. The molecule has 2 aromatic heterocycles. The summed E-state index contributed by atoms with van der Waals surface area (Å²) in [5, 5.41) is 1.29. The lowest BCUT2D eigenvalue weighted by atomic mass is 9.97. The van der Waals surface area contributed by atoms with Crippen LogP contribution < -0.4 is 4.90 Å². The molecule has 4 rings (SSSR count). The molecule has 0 saturated carbocycles. The normalized spacial score (nSPS) is 17.4. The summed E-state index contributed by atoms with van der Waals surface area (Å²) in [4.78, 5) is 31.4. The Morgan fingerprint density at radius 1 is 1.11 bits per heavy atom. The second-order valence-corrected chi connectivity index (χ2v) is 9.29. The average molecular weight is 402 g/mol. The van der Waals surface area contributed by atoms with Crippen LogP contribution in [0.2, 0.25) is 0 Å². The van der Waals surface area contributed by atoms with Crippen LogP contribution in [0.4, 0.5) is 5.82 Å². The van der Waals surface area contributed by atoms with E-state index in [1.165, 1.54) is 35.1 Å². The van der Waals surface area contributed by atoms with Gasteiger partial charge in [0.2, 0.25) is 5.91 Å². The van der Waals surface area contributed by atoms with Crippen LogP contribution in [0.3, 0.4) is 0 Å². The van der Waals surface area contributed by atoms with Crippen molar-refractivity contribution in [3.8, 4) is 0 Å². The van der Waals surface area contributed by atoms with E-state index >= 15 is 0 Å². The number of carbonyl (C=O) groups excluding carboxylic acids is 1. The third kappa shape index (κ3) is 3.87. The Bertz CT molecular complexity index is 854. The van der Waals surface area contributed by atoms with Gasteiger partial charge in [-0.2, -0.15) is 0 Å². The molecular formula is C21H31N5OS. The number of fused-ring (bicyclic) bond motifs is 3. The molecule has 0 radical (unpaired) electrons. The molecular weight excluding hydrogens is 370 g/mol. The van der Waals surface area contributed by atoms with E-state index in [0.29, 0.717) is 6.42 Å². The number of rotatable bonds is 5. The number of thiophene rings is 1. The van der Waals surface area contributed by atoms with Gasteiger partial charge in [-0.1, -0.05) is 6.92 Å². The van der Waals surface area contributed by atoms with E-state index in [1.807, 2.05) is 16.2 Å². The monoisotopic (exact) mass is 401 g/mol. The van der Waals surface area contributed by atoms with Crippen molar-refractivity contribution in [2.45, 2.75) is 52.0 Å². The van der Waals surface area contributed by atoms with Crippen molar-refractivity contribution in [3.63, 3.8) is 0 Å². The lowest BCUT2D eigenvalue weighted by Crippen LogP contribution is -2.49. The quantitative estimate of drug-likeness (QED) is 0.771. The van der Waals surface area contributed by atoms with Gasteiger partial charge in [0.1, 0.15) is 16.5 Å². The molecule has 0 unspecified atom stereocenters. The van der Waals surface area contributed by atoms with Crippen molar-refractivity contribution >= 4 is 33.3 Å². The topological polar surface area (TPSA) is 52.6 Å². The summed E-state index contributed by atoms with van der Waals surface area (Å²) in [6.45, 7) is 6.11. The molecule has 7 heteroatoms. The summed E-state index contributed by atoms with van der Waals surface area (Å²) in [6, 6.07) is 0. The summed E-state index contributed by atoms with van der Waals surface area (Å²) in [5.74, 6) is 2.29. The predicted octanol–water partition coefficient (Wildman–Crippen LogP) is 3.08. The lowest BCUT2D eigenvalue weighted by molar-refractivity contribution is -0.131. The molecule has 2 aromatic rings. The Kier molecular flexibility index (Phi) is 5.83. The van der Waals surface area contributed by atoms with Gasteiger partial charge in [-0.3, -0.25) is 4.79 Å². The summed E-state index contributed by atoms with van der Waals surface area (Å²) in [5.41, 5.74) is 1.49. The Hall–Kier alpha value is -1.73. The minimum Gasteiger partial charge on any atom is -0.352 e. The molecule has 3 heterocycles. The van der Waals surface area contributed by atoms with Crippen molar-refractivity contribution in [2.24, 2.45) is 0 Å². The van der Waals surface area contributed by atoms with Gasteiger partial charge in [0, 0.05) is 37.5 Å². The first-order valence-electron chi connectivity index (χ1n) is 10.6. The molecule has 152 valence electrons. The zero-order valence-electron chi connectivity index (χ0n) is 17.3. The lowest BCUT2D eigenvalue weighted by Gasteiger charge is -2.36. The molecule has 1 aliphatic carbocycles. The number of hydrogen-bond acceptors (Lipinski definition) is 6. The maximum absolute atomic E-state index is 12.3. The van der Waals surface area contributed by atoms with E-state index in [-0.39, 0.29) is 5.91 Å². The molecule has 1 amide bonds. The molecule has 2 aliphatic rings. The third-order valence-corrected chi connectivity index (χ3v) is 6.88.